The van der Waals surface area contributed by atoms with Crippen LogP contribution in [0, 0.1) is 13.8 Å². The molecule has 0 aliphatic heterocycles. The first kappa shape index (κ1) is 48.9. The zero-order valence-electron chi connectivity index (χ0n) is 44.9. The third kappa shape index (κ3) is 8.38. The van der Waals surface area contributed by atoms with Crippen molar-refractivity contribution in [2.45, 2.75) is 46.1 Å². The van der Waals surface area contributed by atoms with Crippen molar-refractivity contribution in [1.29, 1.82) is 0 Å². The minimum atomic E-state index is -0.525. The second kappa shape index (κ2) is 20.3. The lowest BCUT2D eigenvalue weighted by atomic mass is 9.68. The van der Waals surface area contributed by atoms with Gasteiger partial charge in [-0.15, -0.1) is 0 Å². The lowest BCUT2D eigenvalue weighted by Crippen LogP contribution is -2.27. The number of rotatable bonds is 11. The van der Waals surface area contributed by atoms with Crippen LogP contribution in [0.15, 0.2) is 263 Å². The van der Waals surface area contributed by atoms with Crippen molar-refractivity contribution in [1.82, 2.24) is 4.57 Å². The first-order valence-electron chi connectivity index (χ1n) is 27.3. The molecule has 1 unspecified atom stereocenters. The molecule has 0 saturated heterocycles. The van der Waals surface area contributed by atoms with Gasteiger partial charge >= 0.3 is 0 Å². The van der Waals surface area contributed by atoms with Gasteiger partial charge in [0.05, 0.1) is 23.0 Å². The zero-order chi connectivity index (χ0) is 53.6. The molecule has 0 amide bonds. The first-order valence-corrected chi connectivity index (χ1v) is 27.3. The summed E-state index contributed by atoms with van der Waals surface area (Å²) in [5, 5.41) is 2.40. The van der Waals surface area contributed by atoms with Crippen LogP contribution in [0.5, 0.6) is 11.5 Å². The Balaban J connectivity index is 0.898. The van der Waals surface area contributed by atoms with Gasteiger partial charge in [0.1, 0.15) is 11.5 Å². The predicted octanol–water partition coefficient (Wildman–Crippen LogP) is 18.7. The molecule has 0 radical (unpaired) electrons. The van der Waals surface area contributed by atoms with Gasteiger partial charge in [-0.25, -0.2) is 9.98 Å². The Morgan fingerprint density at radius 3 is 2.03 bits per heavy atom. The van der Waals surface area contributed by atoms with Gasteiger partial charge in [-0.2, -0.15) is 0 Å². The lowest BCUT2D eigenvalue weighted by Gasteiger charge is -2.33. The summed E-state index contributed by atoms with van der Waals surface area (Å²) in [4.78, 5) is 14.5. The molecule has 11 aromatic rings. The van der Waals surface area contributed by atoms with E-state index in [0.29, 0.717) is 18.2 Å². The van der Waals surface area contributed by atoms with Gasteiger partial charge in [0.25, 0.3) is 0 Å². The number of allylic oxidation sites excluding steroid dienone is 4. The van der Waals surface area contributed by atoms with Gasteiger partial charge in [0.2, 0.25) is 0 Å². The molecule has 1 spiro atoms. The molecule has 2 aliphatic carbocycles. The Labute approximate surface area is 462 Å². The van der Waals surface area contributed by atoms with Crippen molar-refractivity contribution >= 4 is 45.8 Å². The van der Waals surface area contributed by atoms with Crippen LogP contribution in [0.25, 0.3) is 66.4 Å². The van der Waals surface area contributed by atoms with Gasteiger partial charge in [0.15, 0.2) is 11.7 Å². The van der Waals surface area contributed by atoms with Crippen molar-refractivity contribution in [3.8, 4) is 50.6 Å². The molecule has 2 aliphatic rings. The summed E-state index contributed by atoms with van der Waals surface area (Å²) in [6.45, 7) is 13.4. The van der Waals surface area contributed by atoms with Crippen LogP contribution in [0.2, 0.25) is 0 Å². The minimum Gasteiger partial charge on any atom is -0.457 e. The SMILES string of the molecule is C=NC(=NC(=NCc1ccccc1)c1ccccc1)c1cccc(-c2cccc(-n3c4ccccc4c4cc(-c5ccc6c(c5)C5(C(C)=C(/C=C\CC)c7ccccc75)c5c-6ccc(Oc6ccccc6C)c5C)ccc43)c2)c1. The van der Waals surface area contributed by atoms with E-state index in [2.05, 4.69) is 226 Å². The fraction of sp³-hybridized carbons (Fsp3) is 0.0946. The number of amidine groups is 2. The van der Waals surface area contributed by atoms with E-state index in [0.717, 1.165) is 73.6 Å². The average Bonchev–Trinajstić information content (AvgIpc) is 4.31. The Kier molecular flexibility index (Phi) is 12.6. The molecule has 380 valence electrons. The van der Waals surface area contributed by atoms with Crippen LogP contribution in [0.3, 0.4) is 0 Å². The van der Waals surface area contributed by atoms with Crippen molar-refractivity contribution in [2.24, 2.45) is 15.0 Å². The summed E-state index contributed by atoms with van der Waals surface area (Å²) in [7, 11) is 0. The monoisotopic (exact) mass is 1020 g/mol. The number of para-hydroxylation sites is 2. The number of aromatic nitrogens is 1. The maximum Gasteiger partial charge on any atom is 0.161 e. The molecule has 10 aromatic carbocycles. The van der Waals surface area contributed by atoms with Gasteiger partial charge in [0, 0.05) is 27.6 Å². The van der Waals surface area contributed by atoms with E-state index in [4.69, 9.17) is 14.7 Å². The number of ether oxygens (including phenoxy) is 1. The molecule has 1 atom stereocenters. The summed E-state index contributed by atoms with van der Waals surface area (Å²) in [6.07, 6.45) is 5.61. The highest BCUT2D eigenvalue weighted by Crippen LogP contribution is 2.64. The number of hydrogen-bond acceptors (Lipinski definition) is 2. The molecule has 5 nitrogen and oxygen atoms in total. The molecule has 13 rings (SSSR count). The van der Waals surface area contributed by atoms with Crippen molar-refractivity contribution in [3.05, 3.63) is 298 Å². The number of aliphatic imine (C=N–C) groups is 3. The first-order chi connectivity index (χ1) is 38.8. The number of hydrogen-bond donors (Lipinski definition) is 0. The molecule has 5 heteroatoms. The van der Waals surface area contributed by atoms with E-state index in [1.165, 1.54) is 66.4 Å². The summed E-state index contributed by atoms with van der Waals surface area (Å²) < 4.78 is 9.23. The number of benzene rings is 10. The molecule has 0 bridgehead atoms. The maximum absolute atomic E-state index is 6.83. The van der Waals surface area contributed by atoms with E-state index >= 15 is 0 Å². The number of aryl methyl sites for hydroxylation is 1. The fourth-order valence-electron chi connectivity index (χ4n) is 12.4. The topological polar surface area (TPSA) is 51.2 Å². The maximum atomic E-state index is 6.83. The van der Waals surface area contributed by atoms with Crippen molar-refractivity contribution in [3.63, 3.8) is 0 Å². The van der Waals surface area contributed by atoms with Crippen LogP contribution in [0.4, 0.5) is 0 Å². The van der Waals surface area contributed by atoms with Crippen LogP contribution in [-0.2, 0) is 12.0 Å². The molecular weight excluding hydrogens is 961 g/mol. The Bertz CT molecular complexity index is 4340. The van der Waals surface area contributed by atoms with E-state index in [9.17, 15) is 0 Å². The smallest absolute Gasteiger partial charge is 0.161 e. The summed E-state index contributed by atoms with van der Waals surface area (Å²) in [6, 6.07) is 82.3. The van der Waals surface area contributed by atoms with Gasteiger partial charge in [-0.3, -0.25) is 4.99 Å². The quantitative estimate of drug-likeness (QED) is 0.0941. The Morgan fingerprint density at radius 2 is 1.20 bits per heavy atom. The van der Waals surface area contributed by atoms with E-state index in [-0.39, 0.29) is 0 Å². The number of fused-ring (bicyclic) bond motifs is 10. The highest BCUT2D eigenvalue weighted by Gasteiger charge is 2.52. The van der Waals surface area contributed by atoms with Crippen molar-refractivity contribution in [2.75, 3.05) is 0 Å². The van der Waals surface area contributed by atoms with Gasteiger partial charge < -0.3 is 9.30 Å². The molecule has 1 heterocycles. The largest absolute Gasteiger partial charge is 0.457 e. The summed E-state index contributed by atoms with van der Waals surface area (Å²) in [5.41, 5.74) is 22.8. The van der Waals surface area contributed by atoms with Crippen LogP contribution >= 0.6 is 0 Å². The minimum absolute atomic E-state index is 0.498. The molecule has 0 N–H and O–H groups in total. The predicted molar refractivity (Wildman–Crippen MR) is 331 cm³/mol. The normalized spacial score (nSPS) is 14.8. The van der Waals surface area contributed by atoms with Crippen LogP contribution < -0.4 is 4.74 Å². The highest BCUT2D eigenvalue weighted by molar-refractivity contribution is 6.13. The molecule has 0 saturated carbocycles. The van der Waals surface area contributed by atoms with Gasteiger partial charge in [-0.05, 0) is 172 Å². The summed E-state index contributed by atoms with van der Waals surface area (Å²) in [5.74, 6) is 2.87. The molecule has 0 fully saturated rings. The van der Waals surface area contributed by atoms with E-state index in [1.807, 2.05) is 60.7 Å². The zero-order valence-corrected chi connectivity index (χ0v) is 44.9. The second-order valence-corrected chi connectivity index (χ2v) is 20.7. The van der Waals surface area contributed by atoms with Gasteiger partial charge in [-0.1, -0.05) is 195 Å². The second-order valence-electron chi connectivity index (χ2n) is 20.7. The Hall–Kier alpha value is -9.71. The lowest BCUT2D eigenvalue weighted by molar-refractivity contribution is 0.473. The average molecular weight is 1020 g/mol. The summed E-state index contributed by atoms with van der Waals surface area (Å²) >= 11 is 0. The van der Waals surface area contributed by atoms with Crippen molar-refractivity contribution < 1.29 is 4.74 Å². The third-order valence-corrected chi connectivity index (χ3v) is 16.1. The third-order valence-electron chi connectivity index (χ3n) is 16.1. The molecular formula is C74H58N4O. The van der Waals surface area contributed by atoms with E-state index < -0.39 is 5.41 Å². The number of nitrogens with zero attached hydrogens (tertiary/aromatic N) is 4. The van der Waals surface area contributed by atoms with E-state index in [1.54, 1.807) is 0 Å². The highest BCUT2D eigenvalue weighted by atomic mass is 16.5. The fourth-order valence-corrected chi connectivity index (χ4v) is 12.4. The standard InChI is InChI=1S/C74H58N4O/c1-6-7-31-59-50(4)74(65-34-17-15-32-60(59)65)66-46-56(37-39-61(66)63-40-42-70(49(3)71(63)74)79-69-36-19-14-22-48(69)2)55-38-41-68-64(45-55)62-33-16-18-35-67(62)78(68)58-30-21-28-54(44-58)53-27-20-29-57(43-53)72(75-5)77-73(52-25-12-9-13-26-52)76-47-51-23-10-8-11-24-51/h7-46H,5-6,47H2,1-4H3/b31-7-,76-73?,77-72?. The molecule has 1 aromatic heterocycles. The molecule has 79 heavy (non-hydrogen) atoms. The Morgan fingerprint density at radius 1 is 0.532 bits per heavy atom. The van der Waals surface area contributed by atoms with Crippen LogP contribution in [0.1, 0.15) is 70.3 Å². The van der Waals surface area contributed by atoms with Crippen LogP contribution in [-0.4, -0.2) is 23.0 Å².